The van der Waals surface area contributed by atoms with Crippen LogP contribution in [0.2, 0.25) is 5.02 Å². The highest BCUT2D eigenvalue weighted by atomic mass is 35.5. The van der Waals surface area contributed by atoms with Gasteiger partial charge in [0.15, 0.2) is 0 Å². The SMILES string of the molecule is O=C(C=NO)Nc1cccc(F)c1Cl. The van der Waals surface area contributed by atoms with Crippen LogP contribution >= 0.6 is 11.6 Å². The van der Waals surface area contributed by atoms with Crippen molar-refractivity contribution in [3.05, 3.63) is 29.0 Å². The average Bonchev–Trinajstić information content (AvgIpc) is 2.13. The lowest BCUT2D eigenvalue weighted by Crippen LogP contribution is -2.13. The molecule has 0 saturated heterocycles. The molecule has 0 bridgehead atoms. The smallest absolute Gasteiger partial charge is 0.270 e. The quantitative estimate of drug-likeness (QED) is 0.450. The molecule has 0 saturated carbocycles. The van der Waals surface area contributed by atoms with Gasteiger partial charge in [0.25, 0.3) is 5.91 Å². The Hall–Kier alpha value is -1.62. The minimum Gasteiger partial charge on any atom is -0.411 e. The highest BCUT2D eigenvalue weighted by Crippen LogP contribution is 2.23. The van der Waals surface area contributed by atoms with E-state index < -0.39 is 11.7 Å². The number of carbonyl (C=O) groups is 1. The summed E-state index contributed by atoms with van der Waals surface area (Å²) >= 11 is 5.54. The third-order valence-corrected chi connectivity index (χ3v) is 1.77. The van der Waals surface area contributed by atoms with Crippen molar-refractivity contribution in [3.8, 4) is 0 Å². The van der Waals surface area contributed by atoms with Gasteiger partial charge in [0, 0.05) is 0 Å². The van der Waals surface area contributed by atoms with Crippen molar-refractivity contribution in [2.24, 2.45) is 5.16 Å². The van der Waals surface area contributed by atoms with Gasteiger partial charge in [-0.05, 0) is 12.1 Å². The first-order chi connectivity index (χ1) is 6.65. The summed E-state index contributed by atoms with van der Waals surface area (Å²) in [6.45, 7) is 0. The summed E-state index contributed by atoms with van der Waals surface area (Å²) < 4.78 is 12.8. The van der Waals surface area contributed by atoms with Gasteiger partial charge in [-0.1, -0.05) is 22.8 Å². The zero-order valence-corrected chi connectivity index (χ0v) is 7.62. The van der Waals surface area contributed by atoms with Gasteiger partial charge in [-0.25, -0.2) is 4.39 Å². The second-order valence-electron chi connectivity index (χ2n) is 2.34. The Labute approximate surface area is 84.0 Å². The number of anilines is 1. The molecular formula is C8H6ClFN2O2. The Bertz CT molecular complexity index is 382. The van der Waals surface area contributed by atoms with E-state index in [0.717, 1.165) is 6.07 Å². The first-order valence-electron chi connectivity index (χ1n) is 3.57. The number of benzene rings is 1. The Morgan fingerprint density at radius 1 is 1.64 bits per heavy atom. The van der Waals surface area contributed by atoms with Gasteiger partial charge in [0.1, 0.15) is 12.0 Å². The molecule has 0 radical (unpaired) electrons. The maximum absolute atomic E-state index is 12.8. The molecule has 14 heavy (non-hydrogen) atoms. The molecule has 2 N–H and O–H groups in total. The molecule has 0 unspecified atom stereocenters. The van der Waals surface area contributed by atoms with Crippen LogP contribution in [0.15, 0.2) is 23.4 Å². The van der Waals surface area contributed by atoms with E-state index in [2.05, 4.69) is 10.5 Å². The van der Waals surface area contributed by atoms with Crippen molar-refractivity contribution >= 4 is 29.4 Å². The number of rotatable bonds is 2. The van der Waals surface area contributed by atoms with Crippen LogP contribution in [0, 0.1) is 5.82 Å². The van der Waals surface area contributed by atoms with Crippen molar-refractivity contribution in [3.63, 3.8) is 0 Å². The van der Waals surface area contributed by atoms with Crippen LogP contribution in [-0.2, 0) is 4.79 Å². The minimum absolute atomic E-state index is 0.122. The lowest BCUT2D eigenvalue weighted by atomic mass is 10.3. The van der Waals surface area contributed by atoms with Crippen LogP contribution in [0.25, 0.3) is 0 Å². The van der Waals surface area contributed by atoms with Crippen molar-refractivity contribution in [2.75, 3.05) is 5.32 Å². The van der Waals surface area contributed by atoms with Gasteiger partial charge in [0.2, 0.25) is 0 Å². The number of carbonyl (C=O) groups excluding carboxylic acids is 1. The number of hydrogen-bond acceptors (Lipinski definition) is 3. The zero-order valence-electron chi connectivity index (χ0n) is 6.87. The fraction of sp³-hybridized carbons (Fsp3) is 0. The maximum Gasteiger partial charge on any atom is 0.270 e. The van der Waals surface area contributed by atoms with Crippen LogP contribution in [-0.4, -0.2) is 17.3 Å². The van der Waals surface area contributed by atoms with Gasteiger partial charge < -0.3 is 10.5 Å². The van der Waals surface area contributed by atoms with E-state index in [1.807, 2.05) is 0 Å². The number of halogens is 2. The molecular weight excluding hydrogens is 211 g/mol. The van der Waals surface area contributed by atoms with E-state index in [0.29, 0.717) is 6.21 Å². The maximum atomic E-state index is 12.8. The number of hydrogen-bond donors (Lipinski definition) is 2. The Kier molecular flexibility index (Phi) is 3.41. The summed E-state index contributed by atoms with van der Waals surface area (Å²) in [6.07, 6.45) is 0.640. The molecule has 1 aromatic carbocycles. The molecule has 0 spiro atoms. The average molecular weight is 217 g/mol. The molecule has 0 aliphatic rings. The summed E-state index contributed by atoms with van der Waals surface area (Å²) in [4.78, 5) is 10.9. The van der Waals surface area contributed by atoms with Crippen LogP contribution in [0.4, 0.5) is 10.1 Å². The molecule has 0 atom stereocenters. The molecule has 0 aliphatic carbocycles. The number of oxime groups is 1. The van der Waals surface area contributed by atoms with Crippen LogP contribution in [0.3, 0.4) is 0 Å². The normalized spacial score (nSPS) is 10.4. The number of amides is 1. The van der Waals surface area contributed by atoms with Gasteiger partial charge in [-0.3, -0.25) is 4.79 Å². The Morgan fingerprint density at radius 3 is 3.00 bits per heavy atom. The molecule has 74 valence electrons. The van der Waals surface area contributed by atoms with Crippen molar-refractivity contribution in [1.82, 2.24) is 0 Å². The van der Waals surface area contributed by atoms with Gasteiger partial charge >= 0.3 is 0 Å². The molecule has 1 aromatic rings. The van der Waals surface area contributed by atoms with E-state index in [9.17, 15) is 9.18 Å². The monoisotopic (exact) mass is 216 g/mol. The van der Waals surface area contributed by atoms with Gasteiger partial charge in [-0.2, -0.15) is 0 Å². The van der Waals surface area contributed by atoms with Crippen LogP contribution < -0.4 is 5.32 Å². The minimum atomic E-state index is -0.694. The summed E-state index contributed by atoms with van der Waals surface area (Å²) in [5.74, 6) is -1.33. The lowest BCUT2D eigenvalue weighted by molar-refractivity contribution is -0.110. The van der Waals surface area contributed by atoms with Gasteiger partial charge in [0.05, 0.1) is 10.7 Å². The van der Waals surface area contributed by atoms with E-state index in [1.54, 1.807) is 0 Å². The Morgan fingerprint density at radius 2 is 2.36 bits per heavy atom. The molecule has 1 rings (SSSR count). The first kappa shape index (κ1) is 10.5. The molecule has 4 nitrogen and oxygen atoms in total. The third kappa shape index (κ3) is 2.43. The summed E-state index contributed by atoms with van der Waals surface area (Å²) in [7, 11) is 0. The largest absolute Gasteiger partial charge is 0.411 e. The van der Waals surface area contributed by atoms with Crippen molar-refractivity contribution in [2.45, 2.75) is 0 Å². The topological polar surface area (TPSA) is 61.7 Å². The molecule has 0 aromatic heterocycles. The lowest BCUT2D eigenvalue weighted by Gasteiger charge is -2.03. The number of nitrogens with zero attached hydrogens (tertiary/aromatic N) is 1. The van der Waals surface area contributed by atoms with Crippen LogP contribution in [0.5, 0.6) is 0 Å². The first-order valence-corrected chi connectivity index (χ1v) is 3.95. The van der Waals surface area contributed by atoms with E-state index in [1.165, 1.54) is 12.1 Å². The third-order valence-electron chi connectivity index (χ3n) is 1.38. The Balaban J connectivity index is 2.87. The molecule has 0 fully saturated rings. The van der Waals surface area contributed by atoms with Crippen molar-refractivity contribution < 1.29 is 14.4 Å². The fourth-order valence-electron chi connectivity index (χ4n) is 0.818. The second-order valence-corrected chi connectivity index (χ2v) is 2.71. The van der Waals surface area contributed by atoms with Crippen molar-refractivity contribution in [1.29, 1.82) is 0 Å². The standard InChI is InChI=1S/C8H6ClFN2O2/c9-8-5(10)2-1-3-6(8)12-7(13)4-11-14/h1-4,14H,(H,12,13). The summed E-state index contributed by atoms with van der Waals surface area (Å²) in [5.41, 5.74) is 0.122. The van der Waals surface area contributed by atoms with E-state index >= 15 is 0 Å². The fourth-order valence-corrected chi connectivity index (χ4v) is 0.991. The van der Waals surface area contributed by atoms with Crippen LogP contribution in [0.1, 0.15) is 0 Å². The highest BCUT2D eigenvalue weighted by molar-refractivity contribution is 6.36. The highest BCUT2D eigenvalue weighted by Gasteiger charge is 2.07. The van der Waals surface area contributed by atoms with E-state index in [4.69, 9.17) is 16.8 Å². The number of nitrogens with one attached hydrogen (secondary N) is 1. The second kappa shape index (κ2) is 4.57. The summed E-state index contributed by atoms with van der Waals surface area (Å²) in [5, 5.41) is 12.6. The predicted molar refractivity (Wildman–Crippen MR) is 50.3 cm³/mol. The summed E-state index contributed by atoms with van der Waals surface area (Å²) in [6, 6.07) is 3.99. The van der Waals surface area contributed by atoms with E-state index in [-0.39, 0.29) is 10.7 Å². The molecule has 1 amide bonds. The zero-order chi connectivity index (χ0) is 10.6. The molecule has 0 aliphatic heterocycles. The predicted octanol–water partition coefficient (Wildman–Crippen LogP) is 1.88. The molecule has 6 heteroatoms. The van der Waals surface area contributed by atoms with Gasteiger partial charge in [-0.15, -0.1) is 0 Å². The molecule has 0 heterocycles.